The summed E-state index contributed by atoms with van der Waals surface area (Å²) in [7, 11) is 1.75. The number of anilines is 1. The Balaban J connectivity index is 1.64. The second-order valence-corrected chi connectivity index (χ2v) is 10.3. The fraction of sp³-hybridized carbons (Fsp3) is 0.467. The second kappa shape index (κ2) is 10.7. The molecule has 1 aliphatic carbocycles. The monoisotopic (exact) mass is 533 g/mol. The van der Waals surface area contributed by atoms with Crippen molar-refractivity contribution in [2.45, 2.75) is 57.7 Å². The molecule has 1 fully saturated rings. The van der Waals surface area contributed by atoms with E-state index in [0.717, 1.165) is 24.8 Å². The van der Waals surface area contributed by atoms with E-state index in [2.05, 4.69) is 20.1 Å². The van der Waals surface area contributed by atoms with Gasteiger partial charge in [0.05, 0.1) is 31.5 Å². The number of hydrogen-bond acceptors (Lipinski definition) is 6. The summed E-state index contributed by atoms with van der Waals surface area (Å²) in [5, 5.41) is 3.03. The fourth-order valence-electron chi connectivity index (χ4n) is 5.96. The predicted molar refractivity (Wildman–Crippen MR) is 151 cm³/mol. The fourth-order valence-corrected chi connectivity index (χ4v) is 5.96. The van der Waals surface area contributed by atoms with Crippen LogP contribution in [0.25, 0.3) is 4.85 Å². The third-order valence-electron chi connectivity index (χ3n) is 7.89. The zero-order valence-corrected chi connectivity index (χ0v) is 22.5. The highest BCUT2D eigenvalue weighted by Crippen LogP contribution is 2.51. The molecule has 9 nitrogen and oxygen atoms in total. The van der Waals surface area contributed by atoms with Gasteiger partial charge >= 0.3 is 0 Å². The van der Waals surface area contributed by atoms with Crippen LogP contribution in [0.5, 0.6) is 5.75 Å². The quantitative estimate of drug-likeness (QED) is 0.389. The maximum absolute atomic E-state index is 14.5. The third-order valence-corrected chi connectivity index (χ3v) is 7.89. The van der Waals surface area contributed by atoms with Crippen molar-refractivity contribution in [3.63, 3.8) is 0 Å². The molecule has 3 aromatic rings. The van der Waals surface area contributed by atoms with Crippen molar-refractivity contribution >= 4 is 17.5 Å². The van der Waals surface area contributed by atoms with E-state index in [-0.39, 0.29) is 12.5 Å². The highest BCUT2D eigenvalue weighted by Gasteiger charge is 2.49. The molecule has 1 saturated carbocycles. The molecule has 2 aliphatic rings. The number of fused-ring (bicyclic) bond motifs is 2. The minimum Gasteiger partial charge on any atom is -0.505 e. The molecule has 2 aromatic heterocycles. The van der Waals surface area contributed by atoms with E-state index in [1.54, 1.807) is 30.4 Å². The van der Waals surface area contributed by atoms with Gasteiger partial charge in [-0.1, -0.05) is 12.5 Å². The second-order valence-electron chi connectivity index (χ2n) is 10.3. The Morgan fingerprint density at radius 3 is 2.79 bits per heavy atom. The topological polar surface area (TPSA) is 79.9 Å². The lowest BCUT2D eigenvalue weighted by molar-refractivity contribution is 0.0482. The molecule has 0 bridgehead atoms. The van der Waals surface area contributed by atoms with Crippen molar-refractivity contribution < 1.29 is 17.8 Å². The lowest BCUT2D eigenvalue weighted by Gasteiger charge is -2.52. The van der Waals surface area contributed by atoms with Crippen molar-refractivity contribution in [3.05, 3.63) is 76.2 Å². The first-order valence-corrected chi connectivity index (χ1v) is 13.2. The lowest BCUT2D eigenvalue weighted by atomic mass is 9.60. The number of benzene rings is 1. The summed E-state index contributed by atoms with van der Waals surface area (Å²) in [6, 6.07) is 4.94. The number of nitrogens with one attached hydrogen (secondary N) is 1. The molecule has 1 amide bonds. The Hall–Kier alpha value is -3.90. The van der Waals surface area contributed by atoms with Crippen molar-refractivity contribution in [3.8, 4) is 5.75 Å². The van der Waals surface area contributed by atoms with E-state index < -0.39 is 25.4 Å². The van der Waals surface area contributed by atoms with Crippen LogP contribution in [-0.2, 0) is 18.5 Å². The van der Waals surface area contributed by atoms with Crippen LogP contribution in [0.3, 0.4) is 0 Å². The first kappa shape index (κ1) is 20.1. The van der Waals surface area contributed by atoms with Gasteiger partial charge in [-0.05, 0) is 69.5 Å². The zero-order chi connectivity index (χ0) is 32.7. The van der Waals surface area contributed by atoms with Gasteiger partial charge in [-0.2, -0.15) is 0 Å². The molecule has 1 aromatic carbocycles. The SMILES string of the molecule is [2H]C([2H])([2H])N(Cc1cc(Cn2ccnc2NC)cc2c1C1(CCC1)CN(C(C)c1cc(OCC)c([N+]#[C-])cn1)C2=O)C([2H])([2H])[2H]. The third kappa shape index (κ3) is 4.85. The zero-order valence-electron chi connectivity index (χ0n) is 28.5. The van der Waals surface area contributed by atoms with E-state index in [0.29, 0.717) is 64.4 Å². The summed E-state index contributed by atoms with van der Waals surface area (Å²) in [4.78, 5) is 29.1. The molecule has 1 aliphatic heterocycles. The molecule has 5 rings (SSSR count). The van der Waals surface area contributed by atoms with Gasteiger partial charge in [-0.25, -0.2) is 9.83 Å². The van der Waals surface area contributed by atoms with Gasteiger partial charge in [0.25, 0.3) is 5.91 Å². The number of aromatic nitrogens is 3. The van der Waals surface area contributed by atoms with E-state index >= 15 is 0 Å². The lowest BCUT2D eigenvalue weighted by Crippen LogP contribution is -2.54. The summed E-state index contributed by atoms with van der Waals surface area (Å²) < 4.78 is 55.7. The van der Waals surface area contributed by atoms with Gasteiger partial charge in [0.2, 0.25) is 11.6 Å². The Bertz CT molecular complexity index is 1610. The first-order chi connectivity index (χ1) is 21.2. The average Bonchev–Trinajstić information content (AvgIpc) is 3.41. The molecule has 1 unspecified atom stereocenters. The van der Waals surface area contributed by atoms with Crippen LogP contribution in [0.4, 0.5) is 11.6 Å². The van der Waals surface area contributed by atoms with Crippen LogP contribution in [0, 0.1) is 6.57 Å². The van der Waals surface area contributed by atoms with Gasteiger partial charge < -0.3 is 24.4 Å². The molecule has 9 heteroatoms. The Morgan fingerprint density at radius 2 is 2.13 bits per heavy atom. The highest BCUT2D eigenvalue weighted by molar-refractivity contribution is 5.98. The van der Waals surface area contributed by atoms with Gasteiger partial charge in [0.15, 0.2) is 0 Å². The van der Waals surface area contributed by atoms with Crippen LogP contribution in [-0.4, -0.2) is 64.4 Å². The number of carbonyl (C=O) groups is 1. The number of imidazole rings is 1. The summed E-state index contributed by atoms with van der Waals surface area (Å²) in [5.74, 6) is 0.769. The smallest absolute Gasteiger partial charge is 0.254 e. The maximum Gasteiger partial charge on any atom is 0.254 e. The Morgan fingerprint density at radius 1 is 1.31 bits per heavy atom. The number of carbonyl (C=O) groups excluding carboxylic acids is 1. The average molecular weight is 534 g/mol. The number of nitrogens with zero attached hydrogens (tertiary/aromatic N) is 6. The first-order valence-electron chi connectivity index (χ1n) is 16.2. The van der Waals surface area contributed by atoms with Crippen molar-refractivity contribution in [2.75, 3.05) is 39.5 Å². The van der Waals surface area contributed by atoms with Gasteiger partial charge in [0.1, 0.15) is 5.75 Å². The summed E-state index contributed by atoms with van der Waals surface area (Å²) >= 11 is 0. The van der Waals surface area contributed by atoms with Crippen LogP contribution in [0.1, 0.15) is 80.1 Å². The number of rotatable bonds is 9. The van der Waals surface area contributed by atoms with E-state index in [1.165, 1.54) is 6.20 Å². The largest absolute Gasteiger partial charge is 0.505 e. The van der Waals surface area contributed by atoms with Crippen molar-refractivity contribution in [2.24, 2.45) is 0 Å². The van der Waals surface area contributed by atoms with Crippen LogP contribution in [0.15, 0.2) is 36.8 Å². The van der Waals surface area contributed by atoms with E-state index in [9.17, 15) is 4.79 Å². The molecule has 39 heavy (non-hydrogen) atoms. The van der Waals surface area contributed by atoms with Crippen LogP contribution < -0.4 is 10.1 Å². The van der Waals surface area contributed by atoms with E-state index in [4.69, 9.17) is 19.5 Å². The van der Waals surface area contributed by atoms with E-state index in [1.807, 2.05) is 30.5 Å². The van der Waals surface area contributed by atoms with Gasteiger partial charge in [-0.3, -0.25) is 9.78 Å². The molecular weight excluding hydrogens is 490 g/mol. The number of pyridine rings is 1. The van der Waals surface area contributed by atoms with Crippen molar-refractivity contribution in [1.29, 1.82) is 0 Å². The molecule has 0 saturated heterocycles. The van der Waals surface area contributed by atoms with Crippen LogP contribution >= 0.6 is 0 Å². The highest BCUT2D eigenvalue weighted by atomic mass is 16.5. The molecule has 204 valence electrons. The minimum atomic E-state index is -2.88. The molecule has 1 N–H and O–H groups in total. The van der Waals surface area contributed by atoms with Gasteiger partial charge in [0, 0.05) is 57.9 Å². The molecule has 1 atom stereocenters. The number of amides is 1. The normalized spacial score (nSPS) is 19.5. The maximum atomic E-state index is 14.5. The molecule has 0 radical (unpaired) electrons. The summed E-state index contributed by atoms with van der Waals surface area (Å²) in [6.07, 6.45) is 7.36. The standard InChI is InChI=1S/C30H37N7O2/c1-7-39-26-15-24(34-16-25(26)31-3)20(2)37-19-30(9-8-10-30)27-22(18-35(5)6)13-21(14-23(27)28(37)38)17-36-12-11-33-29(36)32-4/h11-16,20H,7-10,17-19H2,1-2,4-6H3,(H,32,33)/i5D3,6D3. The Labute approximate surface area is 239 Å². The minimum absolute atomic E-state index is 0.249. The van der Waals surface area contributed by atoms with Crippen LogP contribution in [0.2, 0.25) is 0 Å². The number of hydrogen-bond donors (Lipinski definition) is 1. The van der Waals surface area contributed by atoms with Crippen molar-refractivity contribution in [1.82, 2.24) is 24.3 Å². The molecule has 3 heterocycles. The predicted octanol–water partition coefficient (Wildman–Crippen LogP) is 5.02. The van der Waals surface area contributed by atoms with Gasteiger partial charge in [-0.15, -0.1) is 0 Å². The summed E-state index contributed by atoms with van der Waals surface area (Å²) in [5.41, 5.74) is 2.82. The summed E-state index contributed by atoms with van der Waals surface area (Å²) in [6.45, 7) is 6.12. The molecular formula is C30H37N7O2. The number of ether oxygens (including phenoxy) is 1. The molecule has 1 spiro atoms. The Kier molecular flexibility index (Phi) is 5.50.